The monoisotopic (exact) mass is 372 g/mol. The molecule has 0 bridgehead atoms. The van der Waals surface area contributed by atoms with Gasteiger partial charge in [-0.1, -0.05) is 19.1 Å². The van der Waals surface area contributed by atoms with Crippen LogP contribution in [0.4, 0.5) is 0 Å². The van der Waals surface area contributed by atoms with E-state index in [0.717, 1.165) is 20.6 Å². The summed E-state index contributed by atoms with van der Waals surface area (Å²) in [5.41, 5.74) is 1.09. The van der Waals surface area contributed by atoms with Crippen molar-refractivity contribution in [2.45, 2.75) is 18.2 Å². The molecule has 0 aliphatic carbocycles. The summed E-state index contributed by atoms with van der Waals surface area (Å²) in [6.45, 7) is 2.02. The number of rotatable bonds is 5. The van der Waals surface area contributed by atoms with Crippen molar-refractivity contribution >= 4 is 43.5 Å². The number of benzene rings is 1. The first kappa shape index (κ1) is 15.2. The van der Waals surface area contributed by atoms with Gasteiger partial charge in [0, 0.05) is 4.88 Å². The van der Waals surface area contributed by atoms with Crippen molar-refractivity contribution < 1.29 is 8.42 Å². The normalized spacial score (nSPS) is 11.9. The van der Waals surface area contributed by atoms with E-state index in [1.807, 2.05) is 19.1 Å². The number of nitrogens with one attached hydrogen (secondary N) is 1. The Hall–Kier alpha value is -1.18. The van der Waals surface area contributed by atoms with Crippen LogP contribution in [0.3, 0.4) is 0 Å². The summed E-state index contributed by atoms with van der Waals surface area (Å²) < 4.78 is 25.0. The van der Waals surface area contributed by atoms with Gasteiger partial charge in [0.25, 0.3) is 10.0 Å². The molecule has 1 aromatic carbocycles. The van der Waals surface area contributed by atoms with E-state index in [1.54, 1.807) is 24.3 Å². The summed E-state index contributed by atoms with van der Waals surface area (Å²) in [5.74, 6) is 0. The van der Waals surface area contributed by atoms with Gasteiger partial charge in [-0.3, -0.25) is 0 Å². The summed E-state index contributed by atoms with van der Waals surface area (Å²) in [5, 5.41) is 3.77. The first-order valence-corrected chi connectivity index (χ1v) is 8.99. The fourth-order valence-corrected chi connectivity index (χ4v) is 3.60. The second-order valence-corrected chi connectivity index (χ2v) is 8.15. The number of hydrogen-bond acceptors (Lipinski definition) is 4. The highest BCUT2D eigenvalue weighted by Crippen LogP contribution is 2.20. The van der Waals surface area contributed by atoms with Crippen molar-refractivity contribution in [1.29, 1.82) is 0 Å². The van der Waals surface area contributed by atoms with Crippen molar-refractivity contribution in [3.8, 4) is 0 Å². The van der Waals surface area contributed by atoms with Gasteiger partial charge in [0.1, 0.15) is 0 Å². The van der Waals surface area contributed by atoms with E-state index in [2.05, 4.69) is 25.9 Å². The highest BCUT2D eigenvalue weighted by molar-refractivity contribution is 9.11. The smallest absolute Gasteiger partial charge is 0.200 e. The van der Waals surface area contributed by atoms with Crippen LogP contribution in [0.25, 0.3) is 0 Å². The Morgan fingerprint density at radius 3 is 2.50 bits per heavy atom. The van der Waals surface area contributed by atoms with E-state index in [9.17, 15) is 8.42 Å². The molecule has 7 heteroatoms. The molecular weight excluding hydrogens is 360 g/mol. The highest BCUT2D eigenvalue weighted by Gasteiger charge is 2.11. The molecule has 0 spiro atoms. The summed E-state index contributed by atoms with van der Waals surface area (Å²) >= 11 is 4.80. The molecule has 20 heavy (non-hydrogen) atoms. The van der Waals surface area contributed by atoms with Crippen molar-refractivity contribution in [3.63, 3.8) is 0 Å². The van der Waals surface area contributed by atoms with Gasteiger partial charge >= 0.3 is 0 Å². The zero-order valence-electron chi connectivity index (χ0n) is 10.7. The maximum atomic E-state index is 12.0. The summed E-state index contributed by atoms with van der Waals surface area (Å²) in [6, 6.07) is 10.5. The SMILES string of the molecule is CCc1ccc(S(=O)(=O)NN=Cc2ccc(Br)s2)cc1. The number of hydrogen-bond donors (Lipinski definition) is 1. The molecule has 106 valence electrons. The van der Waals surface area contributed by atoms with Crippen LogP contribution in [-0.2, 0) is 16.4 Å². The van der Waals surface area contributed by atoms with Crippen molar-refractivity contribution in [1.82, 2.24) is 4.83 Å². The number of sulfonamides is 1. The fourth-order valence-electron chi connectivity index (χ4n) is 1.51. The van der Waals surface area contributed by atoms with Gasteiger partial charge in [-0.25, -0.2) is 4.83 Å². The molecule has 0 aliphatic heterocycles. The third-order valence-corrected chi connectivity index (χ3v) is 5.40. The molecule has 1 aromatic heterocycles. The molecule has 0 fully saturated rings. The number of thiophene rings is 1. The van der Waals surface area contributed by atoms with Crippen LogP contribution in [-0.4, -0.2) is 14.6 Å². The van der Waals surface area contributed by atoms with Crippen LogP contribution in [0, 0.1) is 0 Å². The molecule has 0 atom stereocenters. The third-order valence-electron chi connectivity index (χ3n) is 2.60. The second kappa shape index (κ2) is 6.51. The Morgan fingerprint density at radius 2 is 1.95 bits per heavy atom. The predicted molar refractivity (Wildman–Crippen MR) is 85.8 cm³/mol. The lowest BCUT2D eigenvalue weighted by molar-refractivity contribution is 0.584. The molecule has 0 saturated carbocycles. The lowest BCUT2D eigenvalue weighted by atomic mass is 10.2. The average molecular weight is 373 g/mol. The van der Waals surface area contributed by atoms with Gasteiger partial charge in [0.05, 0.1) is 14.9 Å². The van der Waals surface area contributed by atoms with Gasteiger partial charge in [0.2, 0.25) is 0 Å². The minimum absolute atomic E-state index is 0.208. The number of nitrogens with zero attached hydrogens (tertiary/aromatic N) is 1. The molecule has 4 nitrogen and oxygen atoms in total. The largest absolute Gasteiger partial charge is 0.276 e. The van der Waals surface area contributed by atoms with Crippen molar-refractivity contribution in [3.05, 3.63) is 50.6 Å². The highest BCUT2D eigenvalue weighted by atomic mass is 79.9. The van der Waals surface area contributed by atoms with Crippen LogP contribution in [0.15, 0.2) is 50.2 Å². The minimum atomic E-state index is -3.60. The van der Waals surface area contributed by atoms with Gasteiger partial charge in [0.15, 0.2) is 0 Å². The number of halogens is 1. The Bertz CT molecular complexity index is 706. The van der Waals surface area contributed by atoms with Gasteiger partial charge < -0.3 is 0 Å². The summed E-state index contributed by atoms with van der Waals surface area (Å²) in [7, 11) is -3.60. The van der Waals surface area contributed by atoms with E-state index in [4.69, 9.17) is 0 Å². The molecule has 0 amide bonds. The molecule has 1 N–H and O–H groups in total. The average Bonchev–Trinajstić information content (AvgIpc) is 2.84. The number of aryl methyl sites for hydroxylation is 1. The second-order valence-electron chi connectivity index (χ2n) is 3.99. The Balaban J connectivity index is 2.08. The molecular formula is C13H13BrN2O2S2. The van der Waals surface area contributed by atoms with Crippen molar-refractivity contribution in [2.24, 2.45) is 5.10 Å². The van der Waals surface area contributed by atoms with E-state index in [1.165, 1.54) is 17.6 Å². The van der Waals surface area contributed by atoms with E-state index in [0.29, 0.717) is 0 Å². The van der Waals surface area contributed by atoms with Crippen LogP contribution in [0.1, 0.15) is 17.4 Å². The van der Waals surface area contributed by atoms with E-state index < -0.39 is 10.0 Å². The maximum Gasteiger partial charge on any atom is 0.276 e. The topological polar surface area (TPSA) is 58.5 Å². The summed E-state index contributed by atoms with van der Waals surface area (Å²) in [4.78, 5) is 3.27. The third kappa shape index (κ3) is 3.91. The zero-order chi connectivity index (χ0) is 14.6. The lowest BCUT2D eigenvalue weighted by Crippen LogP contribution is -2.18. The van der Waals surface area contributed by atoms with Crippen LogP contribution >= 0.6 is 27.3 Å². The Kier molecular flexibility index (Phi) is 4.95. The zero-order valence-corrected chi connectivity index (χ0v) is 13.9. The molecule has 2 rings (SSSR count). The first-order valence-electron chi connectivity index (χ1n) is 5.90. The van der Waals surface area contributed by atoms with Gasteiger partial charge in [-0.15, -0.1) is 11.3 Å². The Morgan fingerprint density at radius 1 is 1.25 bits per heavy atom. The minimum Gasteiger partial charge on any atom is -0.200 e. The molecule has 2 aromatic rings. The predicted octanol–water partition coefficient (Wildman–Crippen LogP) is 3.39. The van der Waals surface area contributed by atoms with E-state index >= 15 is 0 Å². The van der Waals surface area contributed by atoms with Crippen LogP contribution in [0.5, 0.6) is 0 Å². The molecule has 0 radical (unpaired) electrons. The molecule has 0 saturated heterocycles. The maximum absolute atomic E-state index is 12.0. The van der Waals surface area contributed by atoms with Gasteiger partial charge in [-0.2, -0.15) is 13.5 Å². The van der Waals surface area contributed by atoms with E-state index in [-0.39, 0.29) is 4.90 Å². The Labute approximate surface area is 130 Å². The van der Waals surface area contributed by atoms with Gasteiger partial charge in [-0.05, 0) is 52.2 Å². The number of hydrazone groups is 1. The lowest BCUT2D eigenvalue weighted by Gasteiger charge is -2.03. The van der Waals surface area contributed by atoms with Crippen LogP contribution < -0.4 is 4.83 Å². The fraction of sp³-hybridized carbons (Fsp3) is 0.154. The quantitative estimate of drug-likeness (QED) is 0.645. The molecule has 0 aliphatic rings. The van der Waals surface area contributed by atoms with Crippen LogP contribution in [0.2, 0.25) is 0 Å². The molecule has 0 unspecified atom stereocenters. The first-order chi connectivity index (χ1) is 9.51. The summed E-state index contributed by atoms with van der Waals surface area (Å²) in [6.07, 6.45) is 2.35. The molecule has 1 heterocycles. The standard InChI is InChI=1S/C13H13BrN2O2S2/c1-2-10-3-6-12(7-4-10)20(17,18)16-15-9-11-5-8-13(14)19-11/h3-9,16H,2H2,1H3. The van der Waals surface area contributed by atoms with Crippen molar-refractivity contribution in [2.75, 3.05) is 0 Å².